The van der Waals surface area contributed by atoms with Crippen LogP contribution in [0.25, 0.3) is 0 Å². The second-order valence-corrected chi connectivity index (χ2v) is 23.5. The fourth-order valence-corrected chi connectivity index (χ4v) is 15.1. The molecule has 22 nitrogen and oxygen atoms in total. The van der Waals surface area contributed by atoms with Crippen LogP contribution in [0.5, 0.6) is 0 Å². The van der Waals surface area contributed by atoms with Crippen LogP contribution in [0.15, 0.2) is 11.6 Å². The summed E-state index contributed by atoms with van der Waals surface area (Å²) in [5.74, 6) is 0.933. The molecule has 9 rings (SSSR count). The number of aliphatic hydroxyl groups excluding tert-OH is 12. The smallest absolute Gasteiger partial charge is 0.187 e. The summed E-state index contributed by atoms with van der Waals surface area (Å²) in [5, 5.41) is 126. The molecule has 30 atom stereocenters. The number of aliphatic hydroxyl groups is 12. The predicted octanol–water partition coefficient (Wildman–Crippen LogP) is -1.71. The van der Waals surface area contributed by atoms with Gasteiger partial charge in [0.15, 0.2) is 30.9 Å². The summed E-state index contributed by atoms with van der Waals surface area (Å²) >= 11 is 0. The first-order valence-electron chi connectivity index (χ1n) is 26.7. The molecule has 8 fully saturated rings. The normalized spacial score (nSPS) is 54.3. The highest BCUT2D eigenvalue weighted by Gasteiger charge is 2.68. The molecule has 420 valence electrons. The molecule has 0 aromatic heterocycles. The summed E-state index contributed by atoms with van der Waals surface area (Å²) in [6.45, 7) is 8.97. The molecule has 9 aliphatic rings. The van der Waals surface area contributed by atoms with E-state index in [9.17, 15) is 61.3 Å². The number of hydrogen-bond donors (Lipinski definition) is 12. The zero-order valence-corrected chi connectivity index (χ0v) is 42.8. The number of fused-ring (bicyclic) bond motifs is 7. The summed E-state index contributed by atoms with van der Waals surface area (Å²) < 4.78 is 61.1. The van der Waals surface area contributed by atoms with Gasteiger partial charge in [-0.15, -0.1) is 0 Å². The fourth-order valence-electron chi connectivity index (χ4n) is 15.1. The lowest BCUT2D eigenvalue weighted by atomic mass is 9.47. The molecule has 5 aliphatic heterocycles. The molecule has 22 heteroatoms. The summed E-state index contributed by atoms with van der Waals surface area (Å²) in [6.07, 6.45) is -17.9. The lowest BCUT2D eigenvalue weighted by molar-refractivity contribution is -0.376. The van der Waals surface area contributed by atoms with Crippen molar-refractivity contribution in [1.29, 1.82) is 0 Å². The van der Waals surface area contributed by atoms with E-state index in [0.29, 0.717) is 43.4 Å². The molecular formula is C51H84O22. The van der Waals surface area contributed by atoms with E-state index in [1.54, 1.807) is 7.11 Å². The van der Waals surface area contributed by atoms with Gasteiger partial charge in [0, 0.05) is 19.4 Å². The van der Waals surface area contributed by atoms with E-state index in [-0.39, 0.29) is 41.3 Å². The van der Waals surface area contributed by atoms with Gasteiger partial charge in [-0.25, -0.2) is 0 Å². The number of rotatable bonds is 16. The summed E-state index contributed by atoms with van der Waals surface area (Å²) in [4.78, 5) is 0. The Kier molecular flexibility index (Phi) is 17.2. The Labute approximate surface area is 426 Å². The van der Waals surface area contributed by atoms with Crippen LogP contribution in [-0.2, 0) is 47.4 Å². The van der Waals surface area contributed by atoms with Crippen LogP contribution in [0.4, 0.5) is 0 Å². The molecular weight excluding hydrogens is 965 g/mol. The molecule has 4 aliphatic carbocycles. The van der Waals surface area contributed by atoms with E-state index in [1.165, 1.54) is 12.5 Å². The maximum atomic E-state index is 12.0. The molecule has 73 heavy (non-hydrogen) atoms. The molecule has 5 heterocycles. The third kappa shape index (κ3) is 10.0. The number of ether oxygens (including phenoxy) is 10. The van der Waals surface area contributed by atoms with E-state index >= 15 is 0 Å². The van der Waals surface area contributed by atoms with Crippen molar-refractivity contribution >= 4 is 0 Å². The number of methoxy groups -OCH3 is 1. The Morgan fingerprint density at radius 3 is 1.93 bits per heavy atom. The molecule has 12 N–H and O–H groups in total. The summed E-state index contributed by atoms with van der Waals surface area (Å²) in [6, 6.07) is 0. The van der Waals surface area contributed by atoms with Gasteiger partial charge in [-0.2, -0.15) is 0 Å². The Morgan fingerprint density at radius 1 is 0.658 bits per heavy atom. The van der Waals surface area contributed by atoms with Gasteiger partial charge in [0.25, 0.3) is 0 Å². The number of allylic oxidation sites excluding steroid dienone is 1. The van der Waals surface area contributed by atoms with Crippen LogP contribution in [0.1, 0.15) is 92.4 Å². The summed E-state index contributed by atoms with van der Waals surface area (Å²) in [5.41, 5.74) is 1.22. The highest BCUT2D eigenvalue weighted by Crippen LogP contribution is 2.70. The van der Waals surface area contributed by atoms with Gasteiger partial charge in [0.1, 0.15) is 85.5 Å². The predicted molar refractivity (Wildman–Crippen MR) is 249 cm³/mol. The van der Waals surface area contributed by atoms with Crippen molar-refractivity contribution in [1.82, 2.24) is 0 Å². The monoisotopic (exact) mass is 1050 g/mol. The first-order valence-corrected chi connectivity index (χ1v) is 26.7. The molecule has 0 bridgehead atoms. The zero-order chi connectivity index (χ0) is 52.6. The fraction of sp³-hybridized carbons (Fsp3) is 0.961. The standard InChI is InChI=1S/C51H84O22/c1-21(20-65-45-40(61)38(59)35(56)30(17-52)68-45)9-14-51(64-6)22(2)33-29(73-51)16-28-26-8-7-24-15-25(10-12-49(24,4)27(26)11-13-50(28,33)5)67-48-42(63)44(72-46-41(62)37(58)34(55)23(3)66-46)43(32(19-54)70-48)71-47-39(60)36(57)31(18-53)69-47/h7,21-23,25-48,52-63H,8-20H2,1-6H3/t21-,22-,23-,25-,26+,27-,28+,29-,30+,31-,32+,33-,34-,35+,36-,37+,38-,39+,40+,41+,42+,43+,44+,45+,46-,47-,48+,49-,50-,51+/m0/s1. The van der Waals surface area contributed by atoms with Gasteiger partial charge in [-0.05, 0) is 98.7 Å². The second kappa shape index (κ2) is 22.2. The van der Waals surface area contributed by atoms with Crippen LogP contribution in [-0.4, -0.2) is 230 Å². The summed E-state index contributed by atoms with van der Waals surface area (Å²) in [7, 11) is 1.72. The lowest BCUT2D eigenvalue weighted by Crippen LogP contribution is -2.65. The Hall–Kier alpha value is -1.14. The second-order valence-electron chi connectivity index (χ2n) is 23.5. The van der Waals surface area contributed by atoms with Crippen LogP contribution >= 0.6 is 0 Å². The maximum Gasteiger partial charge on any atom is 0.187 e. The van der Waals surface area contributed by atoms with Gasteiger partial charge in [0.2, 0.25) is 0 Å². The molecule has 0 aromatic rings. The molecule has 5 saturated heterocycles. The quantitative estimate of drug-likeness (QED) is 0.0766. The highest BCUT2D eigenvalue weighted by atomic mass is 16.8. The molecule has 0 unspecified atom stereocenters. The van der Waals surface area contributed by atoms with Crippen molar-refractivity contribution in [2.24, 2.45) is 46.3 Å². The zero-order valence-electron chi connectivity index (χ0n) is 42.8. The third-order valence-corrected chi connectivity index (χ3v) is 19.5. The Bertz CT molecular complexity index is 1880. The minimum Gasteiger partial charge on any atom is -0.394 e. The van der Waals surface area contributed by atoms with Gasteiger partial charge in [-0.1, -0.05) is 39.3 Å². The van der Waals surface area contributed by atoms with Crippen LogP contribution in [0.3, 0.4) is 0 Å². The van der Waals surface area contributed by atoms with E-state index in [1.807, 2.05) is 6.92 Å². The van der Waals surface area contributed by atoms with E-state index < -0.39 is 148 Å². The molecule has 0 spiro atoms. The minimum absolute atomic E-state index is 0.00783. The topological polar surface area (TPSA) is 335 Å². The van der Waals surface area contributed by atoms with Crippen molar-refractivity contribution in [2.45, 2.75) is 227 Å². The molecule has 3 saturated carbocycles. The van der Waals surface area contributed by atoms with E-state index in [2.05, 4.69) is 26.8 Å². The Balaban J connectivity index is 0.841. The van der Waals surface area contributed by atoms with Crippen molar-refractivity contribution in [3.05, 3.63) is 11.6 Å². The van der Waals surface area contributed by atoms with Crippen molar-refractivity contribution in [3.8, 4) is 0 Å². The molecule has 0 aromatic carbocycles. The Morgan fingerprint density at radius 2 is 1.25 bits per heavy atom. The first kappa shape index (κ1) is 56.6. The maximum absolute atomic E-state index is 12.0. The van der Waals surface area contributed by atoms with Gasteiger partial charge in [0.05, 0.1) is 44.7 Å². The van der Waals surface area contributed by atoms with Crippen molar-refractivity contribution in [2.75, 3.05) is 33.5 Å². The van der Waals surface area contributed by atoms with E-state index in [4.69, 9.17) is 47.4 Å². The lowest BCUT2D eigenvalue weighted by Gasteiger charge is -2.58. The van der Waals surface area contributed by atoms with E-state index in [0.717, 1.165) is 32.1 Å². The van der Waals surface area contributed by atoms with Crippen molar-refractivity contribution in [3.63, 3.8) is 0 Å². The van der Waals surface area contributed by atoms with Crippen molar-refractivity contribution < 1.29 is 109 Å². The van der Waals surface area contributed by atoms with Crippen LogP contribution in [0.2, 0.25) is 0 Å². The molecule has 0 radical (unpaired) electrons. The van der Waals surface area contributed by atoms with Gasteiger partial charge >= 0.3 is 0 Å². The van der Waals surface area contributed by atoms with Gasteiger partial charge in [-0.3, -0.25) is 0 Å². The first-order chi connectivity index (χ1) is 34.6. The minimum atomic E-state index is -1.76. The van der Waals surface area contributed by atoms with Crippen LogP contribution in [0, 0.1) is 46.3 Å². The molecule has 0 amide bonds. The average molecular weight is 1050 g/mol. The SMILES string of the molecule is CO[C@]1(CC[C@H](C)CO[C@@H]2O[C@H](CO)[C@@H](O)[C@H](O)[C@H]2O)O[C@H]2C[C@@H]3[C@@H]4CC=C5C[C@@H](O[C@@H]6O[C@H](CO)[C@@H](O[C@@H]7O[C@@H](CO)[C@H](O)[C@H]7O)[C@H](O[C@@H]7O[C@@H](C)[C@H](O)[C@@H](O)[C@H]7O)[C@H]6O)CC[C@]5(C)[C@H]4CC[C@]3(C)[C@H]2[C@@H]1C. The average Bonchev–Trinajstić information content (AvgIpc) is 3.95. The van der Waals surface area contributed by atoms with Gasteiger partial charge < -0.3 is 109 Å². The van der Waals surface area contributed by atoms with Crippen LogP contribution < -0.4 is 0 Å². The third-order valence-electron chi connectivity index (χ3n) is 19.5. The number of hydrogen-bond acceptors (Lipinski definition) is 22. The highest BCUT2D eigenvalue weighted by molar-refractivity contribution is 5.26. The largest absolute Gasteiger partial charge is 0.394 e.